The van der Waals surface area contributed by atoms with Crippen LogP contribution in [0.1, 0.15) is 36.1 Å². The molecule has 0 spiro atoms. The van der Waals surface area contributed by atoms with Crippen molar-refractivity contribution in [1.29, 1.82) is 0 Å². The number of hydrogen-bond donors (Lipinski definition) is 1. The average molecular weight is 366 g/mol. The molecule has 0 unspecified atom stereocenters. The lowest BCUT2D eigenvalue weighted by atomic mass is 9.96. The van der Waals surface area contributed by atoms with Crippen LogP contribution in [0.4, 0.5) is 5.82 Å². The minimum Gasteiger partial charge on any atom is -0.393 e. The lowest BCUT2D eigenvalue weighted by Gasteiger charge is -2.31. The van der Waals surface area contributed by atoms with Crippen LogP contribution in [0, 0.1) is 0 Å². The number of piperidine rings is 1. The van der Waals surface area contributed by atoms with Crippen LogP contribution in [-0.2, 0) is 12.8 Å². The number of aryl methyl sites for hydroxylation is 2. The molecule has 1 aliphatic heterocycles. The fraction of sp³-hybridized carbons (Fsp3) is 0.450. The zero-order chi connectivity index (χ0) is 17.5. The maximum absolute atomic E-state index is 9.91. The molecule has 0 saturated carbocycles. The van der Waals surface area contributed by atoms with Crippen LogP contribution < -0.4 is 4.90 Å². The Labute approximate surface area is 156 Å². The Kier molecular flexibility index (Phi) is 4.10. The van der Waals surface area contributed by atoms with E-state index < -0.39 is 0 Å². The van der Waals surface area contributed by atoms with Crippen molar-refractivity contribution in [2.45, 2.75) is 44.6 Å². The summed E-state index contributed by atoms with van der Waals surface area (Å²) in [4.78, 5) is 19.1. The summed E-state index contributed by atoms with van der Waals surface area (Å²) in [5.74, 6) is 1.81. The van der Waals surface area contributed by atoms with Crippen molar-refractivity contribution in [3.05, 3.63) is 35.0 Å². The second-order valence-corrected chi connectivity index (χ2v) is 8.31. The summed E-state index contributed by atoms with van der Waals surface area (Å²) < 4.78 is 0. The third-order valence-corrected chi connectivity index (χ3v) is 6.67. The number of fused-ring (bicyclic) bond motifs is 3. The molecule has 5 rings (SSSR count). The predicted molar refractivity (Wildman–Crippen MR) is 105 cm³/mol. The van der Waals surface area contributed by atoms with E-state index in [0.717, 1.165) is 60.8 Å². The first kappa shape index (κ1) is 16.1. The minimum absolute atomic E-state index is 0.183. The molecule has 0 radical (unpaired) electrons. The summed E-state index contributed by atoms with van der Waals surface area (Å²) in [7, 11) is 0. The summed E-state index contributed by atoms with van der Waals surface area (Å²) in [5.41, 5.74) is 2.43. The average Bonchev–Trinajstić information content (AvgIpc) is 3.07. The fourth-order valence-electron chi connectivity index (χ4n) is 4.07. The summed E-state index contributed by atoms with van der Waals surface area (Å²) in [6, 6.07) is 3.95. The number of aliphatic hydroxyl groups excluding tert-OH is 1. The van der Waals surface area contributed by atoms with E-state index in [4.69, 9.17) is 9.97 Å². The first-order valence-corrected chi connectivity index (χ1v) is 10.3. The van der Waals surface area contributed by atoms with E-state index in [1.807, 2.05) is 29.7 Å². The Morgan fingerprint density at radius 1 is 1.12 bits per heavy atom. The zero-order valence-corrected chi connectivity index (χ0v) is 15.5. The smallest absolute Gasteiger partial charge is 0.164 e. The second kappa shape index (κ2) is 6.59. The molecule has 4 heterocycles. The topological polar surface area (TPSA) is 62.1 Å². The molecule has 3 aromatic heterocycles. The van der Waals surface area contributed by atoms with Gasteiger partial charge in [0.05, 0.1) is 11.5 Å². The molecule has 1 saturated heterocycles. The van der Waals surface area contributed by atoms with Crippen LogP contribution in [0.2, 0.25) is 0 Å². The number of thiophene rings is 1. The van der Waals surface area contributed by atoms with Gasteiger partial charge in [-0.1, -0.05) is 0 Å². The second-order valence-electron chi connectivity index (χ2n) is 7.22. The van der Waals surface area contributed by atoms with Gasteiger partial charge in [-0.3, -0.25) is 4.98 Å². The number of rotatable bonds is 2. The van der Waals surface area contributed by atoms with Gasteiger partial charge in [0.2, 0.25) is 0 Å². The molecule has 1 aliphatic carbocycles. The summed E-state index contributed by atoms with van der Waals surface area (Å²) in [5, 5.41) is 11.2. The largest absolute Gasteiger partial charge is 0.393 e. The van der Waals surface area contributed by atoms with Gasteiger partial charge < -0.3 is 10.0 Å². The lowest BCUT2D eigenvalue weighted by molar-refractivity contribution is 0.145. The summed E-state index contributed by atoms with van der Waals surface area (Å²) >= 11 is 1.84. The van der Waals surface area contributed by atoms with E-state index in [1.165, 1.54) is 28.7 Å². The maximum atomic E-state index is 9.91. The van der Waals surface area contributed by atoms with Gasteiger partial charge in [0.25, 0.3) is 0 Å². The van der Waals surface area contributed by atoms with Crippen molar-refractivity contribution in [2.75, 3.05) is 18.0 Å². The van der Waals surface area contributed by atoms with Crippen molar-refractivity contribution in [3.63, 3.8) is 0 Å². The molecule has 0 atom stereocenters. The van der Waals surface area contributed by atoms with Crippen LogP contribution in [0.25, 0.3) is 21.6 Å². The molecule has 1 fully saturated rings. The van der Waals surface area contributed by atoms with Crippen LogP contribution in [0.15, 0.2) is 24.5 Å². The number of aromatic nitrogens is 3. The molecule has 1 N–H and O–H groups in total. The number of hydrogen-bond acceptors (Lipinski definition) is 6. The lowest BCUT2D eigenvalue weighted by Crippen LogP contribution is -2.36. The Morgan fingerprint density at radius 2 is 1.96 bits per heavy atom. The highest BCUT2D eigenvalue weighted by Gasteiger charge is 2.26. The van der Waals surface area contributed by atoms with Gasteiger partial charge in [-0.05, 0) is 56.2 Å². The third-order valence-electron chi connectivity index (χ3n) is 5.48. The van der Waals surface area contributed by atoms with Crippen molar-refractivity contribution < 1.29 is 5.11 Å². The van der Waals surface area contributed by atoms with Gasteiger partial charge in [-0.2, -0.15) is 0 Å². The first-order chi connectivity index (χ1) is 12.8. The molecule has 0 bridgehead atoms. The summed E-state index contributed by atoms with van der Waals surface area (Å²) in [6.45, 7) is 1.70. The highest BCUT2D eigenvalue weighted by molar-refractivity contribution is 7.19. The predicted octanol–water partition coefficient (Wildman–Crippen LogP) is 3.59. The monoisotopic (exact) mass is 366 g/mol. The number of aliphatic hydroxyl groups is 1. The summed E-state index contributed by atoms with van der Waals surface area (Å²) in [6.07, 6.45) is 9.86. The minimum atomic E-state index is -0.183. The number of pyridine rings is 1. The Bertz CT molecular complexity index is 932. The van der Waals surface area contributed by atoms with Crippen molar-refractivity contribution in [1.82, 2.24) is 15.0 Å². The highest BCUT2D eigenvalue weighted by atomic mass is 32.1. The van der Waals surface area contributed by atoms with E-state index in [9.17, 15) is 5.11 Å². The van der Waals surface area contributed by atoms with Crippen molar-refractivity contribution >= 4 is 27.4 Å². The molecule has 5 nitrogen and oxygen atoms in total. The van der Waals surface area contributed by atoms with Gasteiger partial charge in [0.15, 0.2) is 5.82 Å². The molecule has 3 aromatic rings. The normalized spacial score (nSPS) is 18.3. The van der Waals surface area contributed by atoms with Crippen LogP contribution in [-0.4, -0.2) is 39.3 Å². The van der Waals surface area contributed by atoms with Crippen molar-refractivity contribution in [2.24, 2.45) is 0 Å². The van der Waals surface area contributed by atoms with Gasteiger partial charge >= 0.3 is 0 Å². The molecule has 26 heavy (non-hydrogen) atoms. The van der Waals surface area contributed by atoms with E-state index in [-0.39, 0.29) is 6.10 Å². The number of anilines is 1. The molecule has 0 amide bonds. The standard InChI is InChI=1S/C20H22N4OS/c25-14-7-10-24(11-8-14)19-17-15-5-1-2-6-16(15)26-20(17)23-18(22-19)13-4-3-9-21-12-13/h3-4,9,12,14,25H,1-2,5-8,10-11H2. The molecule has 0 aromatic carbocycles. The van der Waals surface area contributed by atoms with Gasteiger partial charge in [0, 0.05) is 35.9 Å². The Hall–Kier alpha value is -2.05. The van der Waals surface area contributed by atoms with Gasteiger partial charge in [-0.25, -0.2) is 9.97 Å². The van der Waals surface area contributed by atoms with E-state index in [1.54, 1.807) is 6.20 Å². The molecule has 6 heteroatoms. The highest BCUT2D eigenvalue weighted by Crippen LogP contribution is 2.41. The SMILES string of the molecule is OC1CCN(c2nc(-c3cccnc3)nc3sc4c(c23)CCCC4)CC1. The molecule has 134 valence electrons. The third kappa shape index (κ3) is 2.77. The fourth-order valence-corrected chi connectivity index (χ4v) is 5.32. The quantitative estimate of drug-likeness (QED) is 0.751. The number of nitrogens with zero attached hydrogens (tertiary/aromatic N) is 4. The first-order valence-electron chi connectivity index (χ1n) is 9.45. The molecular formula is C20H22N4OS. The maximum Gasteiger partial charge on any atom is 0.164 e. The Morgan fingerprint density at radius 3 is 2.77 bits per heavy atom. The molecular weight excluding hydrogens is 344 g/mol. The van der Waals surface area contributed by atoms with Crippen LogP contribution in [0.5, 0.6) is 0 Å². The van der Waals surface area contributed by atoms with Gasteiger partial charge in [-0.15, -0.1) is 11.3 Å². The molecule has 2 aliphatic rings. The zero-order valence-electron chi connectivity index (χ0n) is 14.7. The van der Waals surface area contributed by atoms with Crippen LogP contribution in [0.3, 0.4) is 0 Å². The van der Waals surface area contributed by atoms with E-state index in [2.05, 4.69) is 9.88 Å². The van der Waals surface area contributed by atoms with Crippen LogP contribution >= 0.6 is 11.3 Å². The Balaban J connectivity index is 1.70. The van der Waals surface area contributed by atoms with E-state index in [0.29, 0.717) is 0 Å². The van der Waals surface area contributed by atoms with E-state index >= 15 is 0 Å². The van der Waals surface area contributed by atoms with Gasteiger partial charge in [0.1, 0.15) is 10.6 Å². The van der Waals surface area contributed by atoms with Crippen molar-refractivity contribution in [3.8, 4) is 11.4 Å².